The van der Waals surface area contributed by atoms with Crippen LogP contribution in [0.15, 0.2) is 54.6 Å². The van der Waals surface area contributed by atoms with Crippen LogP contribution < -0.4 is 0 Å². The number of aromatic nitrogens is 4. The number of fused-ring (bicyclic) bond motifs is 8. The average molecular weight is 996 g/mol. The number of rotatable bonds is 23. The molecule has 74 heavy (non-hydrogen) atoms. The smallest absolute Gasteiger partial charge is 0.150 e. The summed E-state index contributed by atoms with van der Waals surface area (Å²) in [5.41, 5.74) is 27.3. The van der Waals surface area contributed by atoms with Gasteiger partial charge in [-0.3, -0.25) is 4.79 Å². The first-order chi connectivity index (χ1) is 35.4. The zero-order valence-corrected chi connectivity index (χ0v) is 48.7. The number of aromatic amines is 2. The number of hydrogen-bond acceptors (Lipinski definition) is 3. The second kappa shape index (κ2) is 25.0. The van der Waals surface area contributed by atoms with Gasteiger partial charge in [0.25, 0.3) is 0 Å². The van der Waals surface area contributed by atoms with Crippen LogP contribution in [0.2, 0.25) is 0 Å². The molecule has 0 fully saturated rings. The number of hydrogen-bond donors (Lipinski definition) is 2. The highest BCUT2D eigenvalue weighted by Crippen LogP contribution is 2.46. The van der Waals surface area contributed by atoms with Crippen molar-refractivity contribution in [2.45, 2.75) is 236 Å². The Kier molecular flexibility index (Phi) is 19.1. The molecule has 0 amide bonds. The van der Waals surface area contributed by atoms with E-state index in [2.05, 4.69) is 149 Å². The molecule has 2 aliphatic rings. The lowest BCUT2D eigenvalue weighted by Gasteiger charge is -2.26. The number of H-pyrrole nitrogens is 2. The molecule has 5 nitrogen and oxygen atoms in total. The number of allylic oxidation sites excluding steroid dienone is 4. The van der Waals surface area contributed by atoms with Crippen LogP contribution in [-0.4, -0.2) is 26.2 Å². The van der Waals surface area contributed by atoms with Crippen molar-refractivity contribution in [1.82, 2.24) is 19.9 Å². The van der Waals surface area contributed by atoms with Gasteiger partial charge in [-0.1, -0.05) is 189 Å². The first kappa shape index (κ1) is 56.4. The van der Waals surface area contributed by atoms with Crippen LogP contribution in [0.25, 0.3) is 66.6 Å². The van der Waals surface area contributed by atoms with Crippen molar-refractivity contribution in [3.63, 3.8) is 0 Å². The Labute approximate surface area is 448 Å². The van der Waals surface area contributed by atoms with Gasteiger partial charge >= 0.3 is 0 Å². The summed E-state index contributed by atoms with van der Waals surface area (Å²) in [6.07, 6.45) is 23.9. The molecule has 0 radical (unpaired) electrons. The van der Waals surface area contributed by atoms with E-state index in [1.165, 1.54) is 155 Å². The van der Waals surface area contributed by atoms with Crippen molar-refractivity contribution >= 4 is 50.6 Å². The minimum Gasteiger partial charge on any atom is -0.354 e. The van der Waals surface area contributed by atoms with E-state index in [0.29, 0.717) is 5.56 Å². The van der Waals surface area contributed by atoms with Gasteiger partial charge in [0.1, 0.15) is 6.29 Å². The third kappa shape index (κ3) is 12.7. The van der Waals surface area contributed by atoms with Crippen LogP contribution in [-0.2, 0) is 23.7 Å². The highest BCUT2D eigenvalue weighted by atomic mass is 16.1. The molecule has 3 aromatic heterocycles. The fraction of sp³-hybridized carbons (Fsp3) is 0.522. The number of unbranched alkanes of at least 4 members (excludes halogenated alkanes) is 12. The van der Waals surface area contributed by atoms with Crippen molar-refractivity contribution < 1.29 is 4.79 Å². The number of aryl methyl sites for hydroxylation is 4. The summed E-state index contributed by atoms with van der Waals surface area (Å²) >= 11 is 0. The Balaban J connectivity index is 1.74. The maximum atomic E-state index is 12.1. The predicted molar refractivity (Wildman–Crippen MR) is 322 cm³/mol. The highest BCUT2D eigenvalue weighted by Gasteiger charge is 2.29. The fourth-order valence-corrected chi connectivity index (χ4v) is 11.6. The van der Waals surface area contributed by atoms with Crippen molar-refractivity contribution in [3.8, 4) is 22.3 Å². The second-order valence-electron chi connectivity index (χ2n) is 24.3. The molecule has 5 heteroatoms. The molecule has 0 spiro atoms. The van der Waals surface area contributed by atoms with E-state index in [0.717, 1.165) is 103 Å². The lowest BCUT2D eigenvalue weighted by atomic mass is 9.78. The van der Waals surface area contributed by atoms with E-state index >= 15 is 0 Å². The number of carbonyl (C=O) groups is 1. The van der Waals surface area contributed by atoms with Crippen LogP contribution in [0.5, 0.6) is 0 Å². The van der Waals surface area contributed by atoms with Crippen molar-refractivity contribution in [3.05, 3.63) is 116 Å². The van der Waals surface area contributed by atoms with Gasteiger partial charge in [-0.15, -0.1) is 0 Å². The Morgan fingerprint density at radius 3 is 1.20 bits per heavy atom. The highest BCUT2D eigenvalue weighted by molar-refractivity contribution is 6.03. The lowest BCUT2D eigenvalue weighted by Crippen LogP contribution is -2.16. The van der Waals surface area contributed by atoms with E-state index in [-0.39, 0.29) is 10.8 Å². The molecule has 7 rings (SSSR count). The SMILES string of the molecule is CCCCCCC1=C(C)c2nc1cc1[nH]c(c(C)c1CCCCCC)c(-c1ccc(C=O)cc1)c1nc(cc3[nH]c(c(C)c3CCCCCC)c2-c2cc(C(C)(C)C)cc(C(C)(C)C)c2)C(CCCCCC)=C1C. The largest absolute Gasteiger partial charge is 0.354 e. The number of aldehydes is 1. The van der Waals surface area contributed by atoms with Gasteiger partial charge in [-0.2, -0.15) is 0 Å². The minimum atomic E-state index is -0.0590. The Morgan fingerprint density at radius 2 is 0.838 bits per heavy atom. The van der Waals surface area contributed by atoms with Gasteiger partial charge in [-0.05, 0) is 169 Å². The molecule has 2 N–H and O–H groups in total. The van der Waals surface area contributed by atoms with Gasteiger partial charge in [0.15, 0.2) is 0 Å². The van der Waals surface area contributed by atoms with Crippen molar-refractivity contribution in [2.75, 3.05) is 0 Å². The zero-order valence-electron chi connectivity index (χ0n) is 48.7. The van der Waals surface area contributed by atoms with Gasteiger partial charge in [-0.25, -0.2) is 9.97 Å². The summed E-state index contributed by atoms with van der Waals surface area (Å²) in [7, 11) is 0. The number of carbonyl (C=O) groups excluding carboxylic acids is 1. The topological polar surface area (TPSA) is 74.4 Å². The van der Waals surface area contributed by atoms with E-state index in [1.54, 1.807) is 0 Å². The van der Waals surface area contributed by atoms with Gasteiger partial charge in [0, 0.05) is 27.7 Å². The summed E-state index contributed by atoms with van der Waals surface area (Å²) in [5.74, 6) is 0. The number of nitrogens with zero attached hydrogens (tertiary/aromatic N) is 2. The molecule has 0 aliphatic carbocycles. The van der Waals surface area contributed by atoms with Crippen LogP contribution in [0, 0.1) is 13.8 Å². The summed E-state index contributed by atoms with van der Waals surface area (Å²) in [4.78, 5) is 32.4. The van der Waals surface area contributed by atoms with Gasteiger partial charge < -0.3 is 9.97 Å². The van der Waals surface area contributed by atoms with Gasteiger partial charge in [0.2, 0.25) is 0 Å². The zero-order chi connectivity index (χ0) is 53.3. The Morgan fingerprint density at radius 1 is 0.459 bits per heavy atom. The Hall–Kier alpha value is -5.29. The molecule has 8 bridgehead atoms. The van der Waals surface area contributed by atoms with E-state index < -0.39 is 0 Å². The number of benzene rings is 2. The third-order valence-electron chi connectivity index (χ3n) is 16.5. The minimum absolute atomic E-state index is 0.0590. The lowest BCUT2D eigenvalue weighted by molar-refractivity contribution is 0.112. The molecule has 396 valence electrons. The summed E-state index contributed by atoms with van der Waals surface area (Å²) in [6.45, 7) is 32.8. The fourth-order valence-electron chi connectivity index (χ4n) is 11.6. The van der Waals surface area contributed by atoms with E-state index in [9.17, 15) is 4.79 Å². The molecule has 0 saturated heterocycles. The molecule has 0 unspecified atom stereocenters. The van der Waals surface area contributed by atoms with E-state index in [1.807, 2.05) is 12.1 Å². The average Bonchev–Trinajstić information content (AvgIpc) is 4.05. The van der Waals surface area contributed by atoms with Crippen molar-refractivity contribution in [1.29, 1.82) is 0 Å². The summed E-state index contributed by atoms with van der Waals surface area (Å²) in [6, 6.07) is 20.5. The van der Waals surface area contributed by atoms with Crippen LogP contribution in [0.1, 0.15) is 265 Å². The standard InChI is InChI=1S/C69H94N4O/c1-15-19-23-27-31-54-45(5)64-62(50-37-35-49(44-74)36-38-50)65-46(6)55(32-28-24-20-16-2)59(71-65)43-61-57(34-30-26-22-18-4)48(8)67(73-61)63(51-39-52(68(9,10)11)41-53(40-51)69(12,13)14)66-47(7)56(33-29-25-21-17-3)60(72-66)42-58(54)70-64/h35-44,70,73H,15-34H2,1-14H3. The monoisotopic (exact) mass is 995 g/mol. The maximum Gasteiger partial charge on any atom is 0.150 e. The molecule has 0 atom stereocenters. The third-order valence-corrected chi connectivity index (χ3v) is 16.5. The molecule has 2 aliphatic heterocycles. The number of nitrogens with one attached hydrogen (secondary N) is 2. The quantitative estimate of drug-likeness (QED) is 0.0506. The van der Waals surface area contributed by atoms with E-state index in [4.69, 9.17) is 9.97 Å². The maximum absolute atomic E-state index is 12.1. The molecule has 2 aromatic carbocycles. The van der Waals surface area contributed by atoms with Crippen LogP contribution >= 0.6 is 0 Å². The van der Waals surface area contributed by atoms with Crippen LogP contribution in [0.3, 0.4) is 0 Å². The second-order valence-corrected chi connectivity index (χ2v) is 24.3. The first-order valence-corrected chi connectivity index (χ1v) is 29.4. The normalized spacial score (nSPS) is 13.2. The Bertz CT molecular complexity index is 2970. The predicted octanol–water partition coefficient (Wildman–Crippen LogP) is 20.7. The van der Waals surface area contributed by atoms with Gasteiger partial charge in [0.05, 0.1) is 33.8 Å². The molecule has 0 saturated carbocycles. The summed E-state index contributed by atoms with van der Waals surface area (Å²) in [5, 5.41) is 0. The first-order valence-electron chi connectivity index (χ1n) is 29.4. The molecule has 5 heterocycles. The van der Waals surface area contributed by atoms with Crippen LogP contribution in [0.4, 0.5) is 0 Å². The molecular weight excluding hydrogens is 901 g/mol. The summed E-state index contributed by atoms with van der Waals surface area (Å²) < 4.78 is 0. The molecule has 5 aromatic rings. The van der Waals surface area contributed by atoms with Crippen molar-refractivity contribution in [2.24, 2.45) is 0 Å². The molecular formula is C69H94N4O.